The van der Waals surface area contributed by atoms with Crippen molar-refractivity contribution in [3.05, 3.63) is 35.9 Å². The zero-order chi connectivity index (χ0) is 12.1. The Hall–Kier alpha value is -0.900. The Kier molecular flexibility index (Phi) is 4.15. The maximum atomic E-state index is 10.3. The lowest BCUT2D eigenvalue weighted by Crippen LogP contribution is -2.40. The maximum absolute atomic E-state index is 10.3. The molecule has 0 bridgehead atoms. The van der Waals surface area contributed by atoms with E-state index >= 15 is 0 Å². The smallest absolute Gasteiger partial charge is 0.168 e. The summed E-state index contributed by atoms with van der Waals surface area (Å²) in [6, 6.07) is 9.92. The SMILES string of the molecule is COC1CCCC(O)(OCc2ccccc2)C1. The molecule has 1 N–H and O–H groups in total. The summed E-state index contributed by atoms with van der Waals surface area (Å²) in [5.74, 6) is -1.02. The van der Waals surface area contributed by atoms with Crippen LogP contribution < -0.4 is 0 Å². The third kappa shape index (κ3) is 3.53. The normalized spacial score (nSPS) is 29.2. The second-order valence-corrected chi connectivity index (χ2v) is 4.67. The van der Waals surface area contributed by atoms with Crippen LogP contribution in [0.2, 0.25) is 0 Å². The first-order valence-electron chi connectivity index (χ1n) is 6.15. The van der Waals surface area contributed by atoms with Crippen LogP contribution in [0.4, 0.5) is 0 Å². The van der Waals surface area contributed by atoms with E-state index in [-0.39, 0.29) is 6.10 Å². The molecule has 2 atom stereocenters. The third-order valence-electron chi connectivity index (χ3n) is 3.32. The van der Waals surface area contributed by atoms with E-state index in [1.165, 1.54) is 0 Å². The average molecular weight is 236 g/mol. The molecule has 1 aliphatic carbocycles. The van der Waals surface area contributed by atoms with Gasteiger partial charge in [0, 0.05) is 20.0 Å². The van der Waals surface area contributed by atoms with E-state index in [1.54, 1.807) is 7.11 Å². The largest absolute Gasteiger partial charge is 0.381 e. The van der Waals surface area contributed by atoms with Crippen molar-refractivity contribution in [1.29, 1.82) is 0 Å². The fraction of sp³-hybridized carbons (Fsp3) is 0.571. The first-order valence-corrected chi connectivity index (χ1v) is 6.15. The van der Waals surface area contributed by atoms with Gasteiger partial charge in [0.15, 0.2) is 5.79 Å². The lowest BCUT2D eigenvalue weighted by Gasteiger charge is -2.35. The molecule has 17 heavy (non-hydrogen) atoms. The molecular weight excluding hydrogens is 216 g/mol. The van der Waals surface area contributed by atoms with E-state index in [0.717, 1.165) is 18.4 Å². The molecule has 1 aliphatic rings. The van der Waals surface area contributed by atoms with Gasteiger partial charge in [0.1, 0.15) is 0 Å². The Morgan fingerprint density at radius 2 is 2.12 bits per heavy atom. The summed E-state index contributed by atoms with van der Waals surface area (Å²) in [6.07, 6.45) is 3.33. The molecule has 2 rings (SSSR count). The minimum Gasteiger partial charge on any atom is -0.381 e. The van der Waals surface area contributed by atoms with Crippen LogP contribution in [0.5, 0.6) is 0 Å². The second-order valence-electron chi connectivity index (χ2n) is 4.67. The molecule has 0 aliphatic heterocycles. The standard InChI is InChI=1S/C14H20O3/c1-16-13-8-5-9-14(15,10-13)17-11-12-6-3-2-4-7-12/h2-4,6-7,13,15H,5,8-11H2,1H3. The number of methoxy groups -OCH3 is 1. The van der Waals surface area contributed by atoms with Gasteiger partial charge in [-0.3, -0.25) is 0 Å². The number of aliphatic hydroxyl groups is 1. The van der Waals surface area contributed by atoms with Crippen LogP contribution in [-0.2, 0) is 16.1 Å². The van der Waals surface area contributed by atoms with Crippen molar-refractivity contribution in [3.8, 4) is 0 Å². The quantitative estimate of drug-likeness (QED) is 0.816. The molecular formula is C14H20O3. The Morgan fingerprint density at radius 3 is 2.82 bits per heavy atom. The predicted molar refractivity (Wildman–Crippen MR) is 65.4 cm³/mol. The van der Waals surface area contributed by atoms with Gasteiger partial charge in [0.05, 0.1) is 12.7 Å². The van der Waals surface area contributed by atoms with Crippen molar-refractivity contribution in [3.63, 3.8) is 0 Å². The summed E-state index contributed by atoms with van der Waals surface area (Å²) in [5, 5.41) is 10.3. The molecule has 1 fully saturated rings. The summed E-state index contributed by atoms with van der Waals surface area (Å²) < 4.78 is 11.0. The van der Waals surface area contributed by atoms with Crippen molar-refractivity contribution in [2.24, 2.45) is 0 Å². The summed E-state index contributed by atoms with van der Waals surface area (Å²) in [7, 11) is 1.69. The van der Waals surface area contributed by atoms with Crippen molar-refractivity contribution >= 4 is 0 Å². The van der Waals surface area contributed by atoms with E-state index in [0.29, 0.717) is 19.4 Å². The topological polar surface area (TPSA) is 38.7 Å². The van der Waals surface area contributed by atoms with Crippen LogP contribution in [-0.4, -0.2) is 24.1 Å². The molecule has 3 nitrogen and oxygen atoms in total. The molecule has 0 saturated heterocycles. The fourth-order valence-corrected chi connectivity index (χ4v) is 2.29. The van der Waals surface area contributed by atoms with Gasteiger partial charge in [-0.2, -0.15) is 0 Å². The van der Waals surface area contributed by atoms with Crippen molar-refractivity contribution in [1.82, 2.24) is 0 Å². The maximum Gasteiger partial charge on any atom is 0.168 e. The number of ether oxygens (including phenoxy) is 2. The Bertz CT molecular complexity index is 339. The highest BCUT2D eigenvalue weighted by molar-refractivity contribution is 5.13. The highest BCUT2D eigenvalue weighted by atomic mass is 16.6. The predicted octanol–water partition coefficient (Wildman–Crippen LogP) is 2.48. The molecule has 3 heteroatoms. The highest BCUT2D eigenvalue weighted by Gasteiger charge is 2.35. The minimum atomic E-state index is -1.02. The molecule has 0 heterocycles. The van der Waals surface area contributed by atoms with Crippen LogP contribution in [0.3, 0.4) is 0 Å². The van der Waals surface area contributed by atoms with Gasteiger partial charge in [-0.1, -0.05) is 30.3 Å². The zero-order valence-corrected chi connectivity index (χ0v) is 10.3. The van der Waals surface area contributed by atoms with Crippen molar-refractivity contribution in [2.75, 3.05) is 7.11 Å². The molecule has 1 aromatic carbocycles. The highest BCUT2D eigenvalue weighted by Crippen LogP contribution is 2.31. The molecule has 94 valence electrons. The van der Waals surface area contributed by atoms with Gasteiger partial charge in [0.25, 0.3) is 0 Å². The van der Waals surface area contributed by atoms with E-state index in [1.807, 2.05) is 30.3 Å². The third-order valence-corrected chi connectivity index (χ3v) is 3.32. The molecule has 1 saturated carbocycles. The van der Waals surface area contributed by atoms with Gasteiger partial charge < -0.3 is 14.6 Å². The number of rotatable bonds is 4. The molecule has 1 aromatic rings. The van der Waals surface area contributed by atoms with Gasteiger partial charge >= 0.3 is 0 Å². The molecule has 0 amide bonds. The Morgan fingerprint density at radius 1 is 1.35 bits per heavy atom. The fourth-order valence-electron chi connectivity index (χ4n) is 2.29. The van der Waals surface area contributed by atoms with Gasteiger partial charge in [-0.15, -0.1) is 0 Å². The van der Waals surface area contributed by atoms with Crippen LogP contribution in [0, 0.1) is 0 Å². The van der Waals surface area contributed by atoms with E-state index in [2.05, 4.69) is 0 Å². The summed E-state index contributed by atoms with van der Waals surface area (Å²) in [4.78, 5) is 0. The Balaban J connectivity index is 1.89. The Labute approximate surface area is 102 Å². The van der Waals surface area contributed by atoms with E-state index in [4.69, 9.17) is 9.47 Å². The van der Waals surface area contributed by atoms with E-state index in [9.17, 15) is 5.11 Å². The molecule has 0 spiro atoms. The average Bonchev–Trinajstić information content (AvgIpc) is 2.38. The van der Waals surface area contributed by atoms with E-state index < -0.39 is 5.79 Å². The lowest BCUT2D eigenvalue weighted by atomic mass is 9.91. The molecule has 0 aromatic heterocycles. The van der Waals surface area contributed by atoms with Crippen LogP contribution >= 0.6 is 0 Å². The lowest BCUT2D eigenvalue weighted by molar-refractivity contribution is -0.243. The van der Waals surface area contributed by atoms with Gasteiger partial charge in [0.2, 0.25) is 0 Å². The van der Waals surface area contributed by atoms with Crippen LogP contribution in [0.25, 0.3) is 0 Å². The van der Waals surface area contributed by atoms with Crippen molar-refractivity contribution in [2.45, 2.75) is 44.2 Å². The number of hydrogen-bond donors (Lipinski definition) is 1. The number of benzene rings is 1. The number of hydrogen-bond acceptors (Lipinski definition) is 3. The van der Waals surface area contributed by atoms with Gasteiger partial charge in [-0.05, 0) is 18.4 Å². The second kappa shape index (κ2) is 5.63. The van der Waals surface area contributed by atoms with Crippen LogP contribution in [0.1, 0.15) is 31.2 Å². The summed E-state index contributed by atoms with van der Waals surface area (Å²) in [5.41, 5.74) is 1.08. The molecule has 0 radical (unpaired) electrons. The first kappa shape index (κ1) is 12.6. The summed E-state index contributed by atoms with van der Waals surface area (Å²) in [6.45, 7) is 0.452. The minimum absolute atomic E-state index is 0.115. The first-order chi connectivity index (χ1) is 8.22. The molecule has 2 unspecified atom stereocenters. The van der Waals surface area contributed by atoms with Gasteiger partial charge in [-0.25, -0.2) is 0 Å². The summed E-state index contributed by atoms with van der Waals surface area (Å²) >= 11 is 0. The van der Waals surface area contributed by atoms with Crippen LogP contribution in [0.15, 0.2) is 30.3 Å². The zero-order valence-electron chi connectivity index (χ0n) is 10.3. The van der Waals surface area contributed by atoms with Crippen molar-refractivity contribution < 1.29 is 14.6 Å². The monoisotopic (exact) mass is 236 g/mol.